The van der Waals surface area contributed by atoms with Crippen molar-refractivity contribution in [1.82, 2.24) is 15.5 Å². The number of amides is 4. The third-order valence-corrected chi connectivity index (χ3v) is 6.18. The highest BCUT2D eigenvalue weighted by Crippen LogP contribution is 2.49. The number of imide groups is 1. The van der Waals surface area contributed by atoms with Crippen LogP contribution in [0.4, 0.5) is 4.79 Å². The molecule has 2 N–H and O–H groups in total. The van der Waals surface area contributed by atoms with E-state index in [1.807, 2.05) is 30.3 Å². The number of rotatable bonds is 6. The van der Waals surface area contributed by atoms with Gasteiger partial charge in [-0.05, 0) is 37.0 Å². The van der Waals surface area contributed by atoms with Crippen molar-refractivity contribution in [1.29, 1.82) is 0 Å². The summed E-state index contributed by atoms with van der Waals surface area (Å²) in [4.78, 5) is 38.8. The highest BCUT2D eigenvalue weighted by molar-refractivity contribution is 6.31. The Morgan fingerprint density at radius 1 is 1.10 bits per heavy atom. The van der Waals surface area contributed by atoms with E-state index in [1.165, 1.54) is 0 Å². The molecule has 1 saturated carbocycles. The summed E-state index contributed by atoms with van der Waals surface area (Å²) in [5.41, 5.74) is 0.364. The van der Waals surface area contributed by atoms with Crippen LogP contribution in [0, 0.1) is 0 Å². The van der Waals surface area contributed by atoms with Crippen molar-refractivity contribution in [3.05, 3.63) is 70.7 Å². The lowest BCUT2D eigenvalue weighted by molar-refractivity contribution is -0.134. The maximum absolute atomic E-state index is 12.9. The number of carbonyl (C=O) groups excluding carboxylic acids is 3. The van der Waals surface area contributed by atoms with Gasteiger partial charge in [-0.2, -0.15) is 0 Å². The first-order chi connectivity index (χ1) is 13.9. The molecule has 29 heavy (non-hydrogen) atoms. The largest absolute Gasteiger partial charge is 0.354 e. The fraction of sp³-hybridized carbons (Fsp3) is 0.318. The zero-order valence-electron chi connectivity index (χ0n) is 16.1. The van der Waals surface area contributed by atoms with E-state index in [-0.39, 0.29) is 17.9 Å². The van der Waals surface area contributed by atoms with Crippen LogP contribution in [0.3, 0.4) is 0 Å². The van der Waals surface area contributed by atoms with Crippen molar-refractivity contribution in [3.8, 4) is 0 Å². The molecule has 1 aliphatic heterocycles. The van der Waals surface area contributed by atoms with E-state index in [0.717, 1.165) is 23.3 Å². The predicted octanol–water partition coefficient (Wildman–Crippen LogP) is 2.96. The molecule has 0 bridgehead atoms. The van der Waals surface area contributed by atoms with Crippen LogP contribution >= 0.6 is 11.6 Å². The number of halogens is 1. The van der Waals surface area contributed by atoms with Crippen LogP contribution in [0.2, 0.25) is 5.02 Å². The van der Waals surface area contributed by atoms with Crippen LogP contribution in [0.15, 0.2) is 54.6 Å². The van der Waals surface area contributed by atoms with Crippen LogP contribution in [0.1, 0.15) is 30.9 Å². The zero-order valence-corrected chi connectivity index (χ0v) is 16.8. The van der Waals surface area contributed by atoms with E-state index in [4.69, 9.17) is 11.6 Å². The Kier molecular flexibility index (Phi) is 4.82. The highest BCUT2D eigenvalue weighted by atomic mass is 35.5. The van der Waals surface area contributed by atoms with Crippen molar-refractivity contribution in [2.24, 2.45) is 0 Å². The molecule has 1 atom stereocenters. The summed E-state index contributed by atoms with van der Waals surface area (Å²) in [6.45, 7) is 1.76. The number of nitrogens with zero attached hydrogens (tertiary/aromatic N) is 1. The summed E-state index contributed by atoms with van der Waals surface area (Å²) in [5.74, 6) is -0.805. The molecule has 1 aliphatic carbocycles. The monoisotopic (exact) mass is 411 g/mol. The molecule has 7 heteroatoms. The fourth-order valence-electron chi connectivity index (χ4n) is 3.86. The molecule has 0 spiro atoms. The second kappa shape index (κ2) is 7.19. The van der Waals surface area contributed by atoms with E-state index in [9.17, 15) is 14.4 Å². The molecular formula is C22H22ClN3O3. The number of benzene rings is 2. The quantitative estimate of drug-likeness (QED) is 0.717. The highest BCUT2D eigenvalue weighted by Gasteiger charge is 2.50. The lowest BCUT2D eigenvalue weighted by Crippen LogP contribution is -2.44. The number of carbonyl (C=O) groups is 3. The fourth-order valence-corrected chi connectivity index (χ4v) is 4.19. The number of hydrogen-bond donors (Lipinski definition) is 2. The number of urea groups is 1. The Bertz CT molecular complexity index is 974. The van der Waals surface area contributed by atoms with Gasteiger partial charge in [0.15, 0.2) is 0 Å². The summed E-state index contributed by atoms with van der Waals surface area (Å²) >= 11 is 6.31. The normalized spacial score (nSPS) is 22.3. The molecule has 2 fully saturated rings. The molecule has 150 valence electrons. The molecule has 2 aromatic carbocycles. The first kappa shape index (κ1) is 19.5. The Labute approximate surface area is 174 Å². The number of nitrogens with one attached hydrogen (secondary N) is 2. The van der Waals surface area contributed by atoms with Gasteiger partial charge in [-0.3, -0.25) is 14.5 Å². The maximum Gasteiger partial charge on any atom is 0.325 e. The topological polar surface area (TPSA) is 78.5 Å². The lowest BCUT2D eigenvalue weighted by atomic mass is 9.92. The van der Waals surface area contributed by atoms with Crippen LogP contribution in [-0.2, 0) is 20.5 Å². The molecule has 1 saturated heterocycles. The third-order valence-electron chi connectivity index (χ3n) is 5.85. The predicted molar refractivity (Wildman–Crippen MR) is 109 cm³/mol. The molecule has 6 nitrogen and oxygen atoms in total. The van der Waals surface area contributed by atoms with E-state index in [0.29, 0.717) is 17.1 Å². The summed E-state index contributed by atoms with van der Waals surface area (Å²) in [6, 6.07) is 16.1. The van der Waals surface area contributed by atoms with Crippen molar-refractivity contribution < 1.29 is 14.4 Å². The van der Waals surface area contributed by atoms with Crippen LogP contribution in [-0.4, -0.2) is 35.8 Å². The molecule has 0 radical (unpaired) electrons. The SMILES string of the molecule is C[C@]1(c2ccccc2)NC(=O)N(CC(=O)NCC2(c3ccccc3Cl)CC2)C1=O. The van der Waals surface area contributed by atoms with Gasteiger partial charge in [0.25, 0.3) is 5.91 Å². The lowest BCUT2D eigenvalue weighted by Gasteiger charge is -2.22. The van der Waals surface area contributed by atoms with E-state index in [2.05, 4.69) is 10.6 Å². The first-order valence-electron chi connectivity index (χ1n) is 9.57. The van der Waals surface area contributed by atoms with Gasteiger partial charge >= 0.3 is 6.03 Å². The second-order valence-electron chi connectivity index (χ2n) is 7.85. The van der Waals surface area contributed by atoms with Crippen molar-refractivity contribution in [2.75, 3.05) is 13.1 Å². The van der Waals surface area contributed by atoms with Crippen molar-refractivity contribution in [3.63, 3.8) is 0 Å². The average molecular weight is 412 g/mol. The molecule has 2 aliphatic rings. The van der Waals surface area contributed by atoms with E-state index in [1.54, 1.807) is 31.2 Å². The third kappa shape index (κ3) is 3.49. The van der Waals surface area contributed by atoms with Crippen molar-refractivity contribution >= 4 is 29.4 Å². The number of hydrogen-bond acceptors (Lipinski definition) is 3. The molecule has 2 aromatic rings. The average Bonchev–Trinajstić information content (AvgIpc) is 3.47. The molecule has 4 amide bonds. The minimum Gasteiger partial charge on any atom is -0.354 e. The van der Waals surface area contributed by atoms with Gasteiger partial charge in [0.2, 0.25) is 5.91 Å². The summed E-state index contributed by atoms with van der Waals surface area (Å²) in [7, 11) is 0. The Hall–Kier alpha value is -2.86. The molecule has 4 rings (SSSR count). The Balaban J connectivity index is 1.41. The van der Waals surface area contributed by atoms with E-state index < -0.39 is 17.5 Å². The zero-order chi connectivity index (χ0) is 20.6. The van der Waals surface area contributed by atoms with Gasteiger partial charge in [-0.1, -0.05) is 60.1 Å². The van der Waals surface area contributed by atoms with Gasteiger partial charge in [0, 0.05) is 17.0 Å². The summed E-state index contributed by atoms with van der Waals surface area (Å²) < 4.78 is 0. The minimum atomic E-state index is -1.17. The van der Waals surface area contributed by atoms with Gasteiger partial charge < -0.3 is 10.6 Å². The van der Waals surface area contributed by atoms with Crippen LogP contribution in [0.25, 0.3) is 0 Å². The van der Waals surface area contributed by atoms with Crippen molar-refractivity contribution in [2.45, 2.75) is 30.7 Å². The Morgan fingerprint density at radius 3 is 2.41 bits per heavy atom. The Morgan fingerprint density at radius 2 is 1.76 bits per heavy atom. The second-order valence-corrected chi connectivity index (χ2v) is 8.26. The molecule has 0 aromatic heterocycles. The van der Waals surface area contributed by atoms with E-state index >= 15 is 0 Å². The van der Waals surface area contributed by atoms with Gasteiger partial charge in [-0.25, -0.2) is 4.79 Å². The molecule has 1 heterocycles. The van der Waals surface area contributed by atoms with Gasteiger partial charge in [0.05, 0.1) is 0 Å². The smallest absolute Gasteiger partial charge is 0.325 e. The molecular weight excluding hydrogens is 390 g/mol. The van der Waals surface area contributed by atoms with Gasteiger partial charge in [-0.15, -0.1) is 0 Å². The summed E-state index contributed by atoms with van der Waals surface area (Å²) in [5, 5.41) is 6.27. The van der Waals surface area contributed by atoms with Gasteiger partial charge in [0.1, 0.15) is 12.1 Å². The standard InChI is InChI=1S/C22H22ClN3O3/c1-21(15-7-3-2-4-8-15)19(28)26(20(29)25-21)13-18(27)24-14-22(11-12-22)16-9-5-6-10-17(16)23/h2-10H,11-14H2,1H3,(H,24,27)(H,25,29)/t21-/m1/s1. The molecule has 0 unspecified atom stereocenters. The van der Waals surface area contributed by atoms with Crippen LogP contribution < -0.4 is 10.6 Å². The van der Waals surface area contributed by atoms with Crippen LogP contribution in [0.5, 0.6) is 0 Å². The minimum absolute atomic E-state index is 0.163. The summed E-state index contributed by atoms with van der Waals surface area (Å²) in [6.07, 6.45) is 1.87. The first-order valence-corrected chi connectivity index (χ1v) is 9.95. The maximum atomic E-state index is 12.9.